The second-order valence-corrected chi connectivity index (χ2v) is 6.18. The van der Waals surface area contributed by atoms with Gasteiger partial charge in [0, 0.05) is 6.54 Å². The van der Waals surface area contributed by atoms with Crippen molar-refractivity contribution >= 4 is 6.03 Å². The van der Waals surface area contributed by atoms with Gasteiger partial charge >= 0.3 is 6.03 Å². The number of aromatic nitrogens is 3. The molecule has 0 saturated heterocycles. The summed E-state index contributed by atoms with van der Waals surface area (Å²) in [5.74, 6) is 0.800. The van der Waals surface area contributed by atoms with Crippen LogP contribution in [0, 0.1) is 6.92 Å². The molecule has 0 bridgehead atoms. The van der Waals surface area contributed by atoms with Gasteiger partial charge in [0.1, 0.15) is 25.0 Å². The van der Waals surface area contributed by atoms with E-state index in [9.17, 15) is 4.79 Å². The van der Waals surface area contributed by atoms with Crippen LogP contribution in [-0.4, -0.2) is 33.9 Å². The topological polar surface area (TPSA) is 81.1 Å². The molecule has 3 aromatic rings. The van der Waals surface area contributed by atoms with Crippen LogP contribution in [0.2, 0.25) is 0 Å². The van der Waals surface area contributed by atoms with Crippen LogP contribution in [0.25, 0.3) is 0 Å². The van der Waals surface area contributed by atoms with Gasteiger partial charge in [-0.1, -0.05) is 42.0 Å². The van der Waals surface area contributed by atoms with Gasteiger partial charge in [0.05, 0.1) is 13.1 Å². The van der Waals surface area contributed by atoms with Gasteiger partial charge in [-0.3, -0.25) is 0 Å². The lowest BCUT2D eigenvalue weighted by Gasteiger charge is -2.10. The first-order chi connectivity index (χ1) is 13.2. The highest BCUT2D eigenvalue weighted by atomic mass is 16.5. The van der Waals surface area contributed by atoms with Gasteiger partial charge in [0.2, 0.25) is 0 Å². The summed E-state index contributed by atoms with van der Waals surface area (Å²) in [7, 11) is 0. The molecule has 0 aliphatic heterocycles. The van der Waals surface area contributed by atoms with Crippen molar-refractivity contribution in [1.29, 1.82) is 0 Å². The maximum absolute atomic E-state index is 11.9. The molecular weight excluding hydrogens is 342 g/mol. The van der Waals surface area contributed by atoms with Crippen LogP contribution in [0.15, 0.2) is 61.2 Å². The van der Waals surface area contributed by atoms with Crippen molar-refractivity contribution in [3.05, 3.63) is 77.9 Å². The Bertz CT molecular complexity index is 830. The number of urea groups is 1. The number of benzene rings is 2. The van der Waals surface area contributed by atoms with E-state index in [-0.39, 0.29) is 6.03 Å². The summed E-state index contributed by atoms with van der Waals surface area (Å²) in [5.41, 5.74) is 3.34. The number of rotatable bonds is 8. The summed E-state index contributed by atoms with van der Waals surface area (Å²) in [5, 5.41) is 9.70. The Labute approximate surface area is 158 Å². The Kier molecular flexibility index (Phi) is 6.40. The van der Waals surface area contributed by atoms with E-state index >= 15 is 0 Å². The number of aryl methyl sites for hydroxylation is 1. The number of hydrogen-bond donors (Lipinski definition) is 2. The van der Waals surface area contributed by atoms with Crippen molar-refractivity contribution in [3.63, 3.8) is 0 Å². The van der Waals surface area contributed by atoms with E-state index in [2.05, 4.69) is 20.7 Å². The molecule has 2 N–H and O–H groups in total. The molecule has 1 aromatic heterocycles. The predicted octanol–water partition coefficient (Wildman–Crippen LogP) is 2.51. The minimum atomic E-state index is -0.214. The van der Waals surface area contributed by atoms with E-state index in [0.29, 0.717) is 26.2 Å². The number of nitrogens with zero attached hydrogens (tertiary/aromatic N) is 3. The third-order valence-corrected chi connectivity index (χ3v) is 3.96. The van der Waals surface area contributed by atoms with Gasteiger partial charge < -0.3 is 15.4 Å². The lowest BCUT2D eigenvalue weighted by molar-refractivity contribution is 0.236. The third kappa shape index (κ3) is 6.14. The van der Waals surface area contributed by atoms with Gasteiger partial charge in [-0.2, -0.15) is 5.10 Å². The van der Waals surface area contributed by atoms with Crippen LogP contribution in [0.3, 0.4) is 0 Å². The van der Waals surface area contributed by atoms with Gasteiger partial charge in [0.15, 0.2) is 0 Å². The maximum atomic E-state index is 11.9. The van der Waals surface area contributed by atoms with Crippen molar-refractivity contribution in [3.8, 4) is 5.75 Å². The fraction of sp³-hybridized carbons (Fsp3) is 0.250. The van der Waals surface area contributed by atoms with Crippen LogP contribution < -0.4 is 15.4 Å². The van der Waals surface area contributed by atoms with Crippen LogP contribution in [0.4, 0.5) is 4.79 Å². The van der Waals surface area contributed by atoms with Crippen LogP contribution in [-0.2, 0) is 13.1 Å². The Morgan fingerprint density at radius 1 is 1.04 bits per heavy atom. The van der Waals surface area contributed by atoms with Crippen molar-refractivity contribution < 1.29 is 9.53 Å². The van der Waals surface area contributed by atoms with Gasteiger partial charge in [-0.05, 0) is 30.2 Å². The molecule has 7 nitrogen and oxygen atoms in total. The molecule has 27 heavy (non-hydrogen) atoms. The molecule has 140 valence electrons. The first-order valence-electron chi connectivity index (χ1n) is 8.80. The molecule has 1 heterocycles. The van der Waals surface area contributed by atoms with Crippen molar-refractivity contribution in [2.45, 2.75) is 20.0 Å². The van der Waals surface area contributed by atoms with Crippen molar-refractivity contribution in [2.75, 3.05) is 13.2 Å². The van der Waals surface area contributed by atoms with E-state index in [4.69, 9.17) is 4.74 Å². The fourth-order valence-corrected chi connectivity index (χ4v) is 2.48. The molecule has 2 aromatic carbocycles. The molecule has 0 fully saturated rings. The van der Waals surface area contributed by atoms with Crippen LogP contribution in [0.1, 0.15) is 16.7 Å². The van der Waals surface area contributed by atoms with E-state index in [1.54, 1.807) is 11.0 Å². The molecule has 2 amide bonds. The first-order valence-corrected chi connectivity index (χ1v) is 8.80. The zero-order valence-corrected chi connectivity index (χ0v) is 15.3. The zero-order chi connectivity index (χ0) is 18.9. The largest absolute Gasteiger partial charge is 0.492 e. The van der Waals surface area contributed by atoms with Gasteiger partial charge in [-0.15, -0.1) is 0 Å². The van der Waals surface area contributed by atoms with E-state index in [0.717, 1.165) is 16.9 Å². The Morgan fingerprint density at radius 2 is 1.78 bits per heavy atom. The minimum Gasteiger partial charge on any atom is -0.492 e. The fourth-order valence-electron chi connectivity index (χ4n) is 2.48. The molecule has 3 rings (SSSR count). The zero-order valence-electron chi connectivity index (χ0n) is 15.3. The molecule has 0 spiro atoms. The SMILES string of the molecule is Cc1ccc(OCCNC(=O)NCc2ccc(Cn3cncn3)cc2)cc1. The van der Waals surface area contributed by atoms with Crippen LogP contribution in [0.5, 0.6) is 5.75 Å². The van der Waals surface area contributed by atoms with Crippen molar-refractivity contribution in [1.82, 2.24) is 25.4 Å². The first kappa shape index (κ1) is 18.4. The molecule has 0 unspecified atom stereocenters. The Balaban J connectivity index is 1.33. The number of amides is 2. The summed E-state index contributed by atoms with van der Waals surface area (Å²) in [6.45, 7) is 4.04. The predicted molar refractivity (Wildman–Crippen MR) is 102 cm³/mol. The van der Waals surface area contributed by atoms with Crippen molar-refractivity contribution in [2.24, 2.45) is 0 Å². The minimum absolute atomic E-state index is 0.214. The third-order valence-electron chi connectivity index (χ3n) is 3.96. The summed E-state index contributed by atoms with van der Waals surface area (Å²) < 4.78 is 7.34. The maximum Gasteiger partial charge on any atom is 0.315 e. The lowest BCUT2D eigenvalue weighted by Crippen LogP contribution is -2.37. The quantitative estimate of drug-likeness (QED) is 0.601. The highest BCUT2D eigenvalue weighted by molar-refractivity contribution is 5.73. The van der Waals surface area contributed by atoms with E-state index < -0.39 is 0 Å². The summed E-state index contributed by atoms with van der Waals surface area (Å²) in [6.07, 6.45) is 3.20. The molecule has 0 aliphatic rings. The van der Waals surface area contributed by atoms with Gasteiger partial charge in [0.25, 0.3) is 0 Å². The number of nitrogens with one attached hydrogen (secondary N) is 2. The summed E-state index contributed by atoms with van der Waals surface area (Å²) in [4.78, 5) is 15.8. The number of carbonyl (C=O) groups is 1. The monoisotopic (exact) mass is 365 g/mol. The number of hydrogen-bond acceptors (Lipinski definition) is 4. The lowest BCUT2D eigenvalue weighted by atomic mass is 10.1. The van der Waals surface area contributed by atoms with E-state index in [1.165, 1.54) is 11.9 Å². The summed E-state index contributed by atoms with van der Waals surface area (Å²) in [6, 6.07) is 15.6. The van der Waals surface area contributed by atoms with Gasteiger partial charge in [-0.25, -0.2) is 14.5 Å². The standard InChI is InChI=1S/C20H23N5O2/c1-16-2-8-19(9-3-16)27-11-10-22-20(26)23-12-17-4-6-18(7-5-17)13-25-15-21-14-24-25/h2-9,14-15H,10-13H2,1H3,(H2,22,23,26). The normalized spacial score (nSPS) is 10.4. The molecular formula is C20H23N5O2. The highest BCUT2D eigenvalue weighted by Crippen LogP contribution is 2.10. The van der Waals surface area contributed by atoms with E-state index in [1.807, 2.05) is 55.5 Å². The molecule has 0 aliphatic carbocycles. The van der Waals surface area contributed by atoms with Crippen LogP contribution >= 0.6 is 0 Å². The number of carbonyl (C=O) groups excluding carboxylic acids is 1. The second-order valence-electron chi connectivity index (χ2n) is 6.18. The number of ether oxygens (including phenoxy) is 1. The smallest absolute Gasteiger partial charge is 0.315 e. The average molecular weight is 365 g/mol. The second kappa shape index (κ2) is 9.38. The molecule has 0 atom stereocenters. The summed E-state index contributed by atoms with van der Waals surface area (Å²) >= 11 is 0. The molecule has 0 saturated carbocycles. The highest BCUT2D eigenvalue weighted by Gasteiger charge is 2.02. The average Bonchev–Trinajstić information content (AvgIpc) is 3.19. The Hall–Kier alpha value is -3.35. The molecule has 0 radical (unpaired) electrons. The molecule has 7 heteroatoms. The Morgan fingerprint density at radius 3 is 2.48 bits per heavy atom.